The van der Waals surface area contributed by atoms with Gasteiger partial charge in [-0.05, 0) is 177 Å². The summed E-state index contributed by atoms with van der Waals surface area (Å²) in [6.45, 7) is 6.98. The Hall–Kier alpha value is -15.0. The summed E-state index contributed by atoms with van der Waals surface area (Å²) in [4.78, 5) is 151. The molecule has 8 heterocycles. The normalized spacial score (nSPS) is 15.4. The van der Waals surface area contributed by atoms with Crippen molar-refractivity contribution in [1.82, 2.24) is 61.4 Å². The van der Waals surface area contributed by atoms with E-state index >= 15 is 0 Å². The van der Waals surface area contributed by atoms with Crippen LogP contribution in [0.25, 0.3) is 33.3 Å². The summed E-state index contributed by atoms with van der Waals surface area (Å²) in [6, 6.07) is 45.2. The lowest BCUT2D eigenvalue weighted by Crippen LogP contribution is -2.52. The highest BCUT2D eigenvalue weighted by Crippen LogP contribution is 2.41. The van der Waals surface area contributed by atoms with Crippen LogP contribution in [0.5, 0.6) is 17.2 Å². The second kappa shape index (κ2) is 38.1. The fourth-order valence-corrected chi connectivity index (χ4v) is 14.9. The van der Waals surface area contributed by atoms with Gasteiger partial charge in [0.1, 0.15) is 48.2 Å². The number of aromatic nitrogens is 4. The molecule has 122 heavy (non-hydrogen) atoms. The van der Waals surface area contributed by atoms with Gasteiger partial charge in [0.15, 0.2) is 11.6 Å². The van der Waals surface area contributed by atoms with E-state index < -0.39 is 23.9 Å². The summed E-state index contributed by atoms with van der Waals surface area (Å²) >= 11 is 0. The molecule has 7 N–H and O–H groups in total. The third-order valence-electron chi connectivity index (χ3n) is 21.5. The number of H-pyrrole nitrogens is 1. The molecule has 0 spiro atoms. The number of hydrogen-bond donors (Lipinski definition) is 7. The number of aromatic amines is 1. The van der Waals surface area contributed by atoms with Crippen LogP contribution in [0.3, 0.4) is 0 Å². The maximum Gasteiger partial charge on any atom is 0.269 e. The van der Waals surface area contributed by atoms with E-state index in [2.05, 4.69) is 92.1 Å². The number of para-hydroxylation sites is 1. The maximum absolute atomic E-state index is 13.1. The molecule has 2 atom stereocenters. The van der Waals surface area contributed by atoms with E-state index in [9.17, 15) is 52.7 Å². The number of hydrogen-bond acceptors (Lipinski definition) is 23. The van der Waals surface area contributed by atoms with Gasteiger partial charge in [-0.25, -0.2) is 0 Å². The number of carbonyl (C=O) groups excluding carboxylic acids is 11. The maximum atomic E-state index is 13.1. The van der Waals surface area contributed by atoms with Gasteiger partial charge in [0, 0.05) is 141 Å². The third-order valence-corrected chi connectivity index (χ3v) is 21.5. The second-order valence-corrected chi connectivity index (χ2v) is 29.6. The van der Waals surface area contributed by atoms with Crippen molar-refractivity contribution in [2.24, 2.45) is 20.5 Å². The molecule has 15 rings (SSSR count). The number of Topliss-reactive ketones (excluding diaryl/α,β-unsaturated/α-hetero) is 2. The van der Waals surface area contributed by atoms with Crippen molar-refractivity contribution < 1.29 is 67.0 Å². The first kappa shape index (κ1) is 83.5. The molecule has 2 unspecified atom stereocenters. The second-order valence-electron chi connectivity index (χ2n) is 29.6. The minimum absolute atomic E-state index is 0.0679. The number of pyridine rings is 2. The van der Waals surface area contributed by atoms with Gasteiger partial charge in [0.2, 0.25) is 29.5 Å². The number of benzene rings is 7. The number of ketones is 2. The average molecular weight is 1640 g/mol. The van der Waals surface area contributed by atoms with Gasteiger partial charge < -0.3 is 50.2 Å². The van der Waals surface area contributed by atoms with Crippen molar-refractivity contribution in [3.05, 3.63) is 251 Å². The predicted molar refractivity (Wildman–Crippen MR) is 452 cm³/mol. The predicted octanol–water partition coefficient (Wildman–Crippen LogP) is 12.8. The Bertz CT molecular complexity index is 5870. The Morgan fingerprint density at radius 2 is 1.18 bits per heavy atom. The van der Waals surface area contributed by atoms with E-state index in [0.29, 0.717) is 112 Å². The average Bonchev–Trinajstić information content (AvgIpc) is 1.26. The molecule has 0 radical (unpaired) electrons. The SMILES string of the molecule is C=C1c2[nH]ncc2C(c2cc(C)c(CCCC(=O)NCCCC(=O)COc3ccc(N=Nc4cccc5c4CN(C4CCC(=O)NC4=O)C5=O)cc3)c(OC)c2)=CN1C.CNC(=O)c1cnc2ccc(-c3ccc(C(=O)NCCCC(=O)COc4ccc(N=Nc5cccc6c5CN(C5CCC(=O)NC5=O)C6=O)cc4)nc3)cc2c1Nc1ccccc1. The number of rotatable bonds is 31. The van der Waals surface area contributed by atoms with Crippen LogP contribution in [-0.2, 0) is 53.1 Å². The largest absolute Gasteiger partial charge is 0.496 e. The van der Waals surface area contributed by atoms with Crippen LogP contribution in [0.15, 0.2) is 210 Å². The molecule has 3 aromatic heterocycles. The number of nitrogens with zero attached hydrogens (tertiary/aromatic N) is 10. The number of fused-ring (bicyclic) bond motifs is 4. The van der Waals surface area contributed by atoms with Gasteiger partial charge in [-0.15, -0.1) is 0 Å². The number of ether oxygens (including phenoxy) is 3. The lowest BCUT2D eigenvalue weighted by Gasteiger charge is -2.29. The molecule has 5 aliphatic heterocycles. The lowest BCUT2D eigenvalue weighted by molar-refractivity contribution is -0.138. The number of piperidine rings is 2. The van der Waals surface area contributed by atoms with Crippen molar-refractivity contribution in [2.45, 2.75) is 103 Å². The van der Waals surface area contributed by atoms with Crippen LogP contribution in [0, 0.1) is 6.92 Å². The van der Waals surface area contributed by atoms with E-state index in [-0.39, 0.29) is 130 Å². The Balaban J connectivity index is 0.000000200. The molecule has 9 amide bonds. The van der Waals surface area contributed by atoms with Crippen LogP contribution >= 0.6 is 0 Å². The van der Waals surface area contributed by atoms with Gasteiger partial charge in [0.05, 0.1) is 64.2 Å². The summed E-state index contributed by atoms with van der Waals surface area (Å²) in [7, 11) is 5.18. The van der Waals surface area contributed by atoms with E-state index in [4.69, 9.17) is 14.2 Å². The summed E-state index contributed by atoms with van der Waals surface area (Å²) in [6.07, 6.45) is 11.0. The number of carbonyl (C=O) groups is 11. The third kappa shape index (κ3) is 19.5. The van der Waals surface area contributed by atoms with Crippen LogP contribution < -0.4 is 46.1 Å². The molecule has 31 heteroatoms. The summed E-state index contributed by atoms with van der Waals surface area (Å²) in [5, 5.41) is 41.8. The number of methoxy groups -OCH3 is 1. The number of amides is 9. The number of nitrogens with one attached hydrogen (secondary N) is 7. The molecule has 620 valence electrons. The summed E-state index contributed by atoms with van der Waals surface area (Å²) in [5.41, 5.74) is 15.5. The van der Waals surface area contributed by atoms with Crippen LogP contribution in [0.4, 0.5) is 34.1 Å². The van der Waals surface area contributed by atoms with Gasteiger partial charge in [-0.1, -0.05) is 55.1 Å². The highest BCUT2D eigenvalue weighted by Gasteiger charge is 2.42. The first-order valence-corrected chi connectivity index (χ1v) is 39.8. The molecule has 7 aromatic carbocycles. The molecule has 0 bridgehead atoms. The highest BCUT2D eigenvalue weighted by molar-refractivity contribution is 6.10. The zero-order valence-electron chi connectivity index (χ0n) is 67.4. The zero-order valence-corrected chi connectivity index (χ0v) is 67.4. The van der Waals surface area contributed by atoms with Gasteiger partial charge in [-0.3, -0.25) is 78.4 Å². The molecule has 2 saturated heterocycles. The summed E-state index contributed by atoms with van der Waals surface area (Å²) < 4.78 is 17.1. The number of azo groups is 2. The van der Waals surface area contributed by atoms with Crippen LogP contribution in [0.2, 0.25) is 0 Å². The number of anilines is 2. The van der Waals surface area contributed by atoms with E-state index in [1.54, 1.807) is 124 Å². The number of imide groups is 2. The minimum Gasteiger partial charge on any atom is -0.496 e. The Labute approximate surface area is 700 Å². The number of aryl methyl sites for hydroxylation is 1. The van der Waals surface area contributed by atoms with E-state index in [1.165, 1.54) is 9.80 Å². The molecule has 0 aliphatic carbocycles. The van der Waals surface area contributed by atoms with Gasteiger partial charge >= 0.3 is 0 Å². The van der Waals surface area contributed by atoms with E-state index in [0.717, 1.165) is 67.2 Å². The van der Waals surface area contributed by atoms with Crippen molar-refractivity contribution in [1.29, 1.82) is 0 Å². The fraction of sp³-hybridized carbons (Fsp3) is 0.253. The molecule has 10 aromatic rings. The van der Waals surface area contributed by atoms with Crippen LogP contribution in [0.1, 0.15) is 145 Å². The summed E-state index contributed by atoms with van der Waals surface area (Å²) in [5.74, 6) is -1.40. The topological polar surface area (TPSA) is 401 Å². The minimum atomic E-state index is -0.726. The van der Waals surface area contributed by atoms with Crippen LogP contribution in [-0.4, -0.2) is 159 Å². The first-order valence-electron chi connectivity index (χ1n) is 39.8. The lowest BCUT2D eigenvalue weighted by atomic mass is 9.91. The van der Waals surface area contributed by atoms with Crippen molar-refractivity contribution in [3.8, 4) is 28.4 Å². The van der Waals surface area contributed by atoms with Crippen molar-refractivity contribution >= 4 is 121 Å². The quantitative estimate of drug-likeness (QED) is 0.0121. The van der Waals surface area contributed by atoms with Crippen molar-refractivity contribution in [2.75, 3.05) is 52.8 Å². The standard InChI is InChI=1S/C47H41N9O7.C44H46N8O7/c1-48-44(59)36-25-51-38-18-12-28(23-35(38)43(36)52-30-7-3-2-4-8-30)29-13-19-40(50-24-29)45(60)49-22-6-9-32(57)27-63-33-16-14-31(15-17-33)54-55-39-11-5-10-34-37(39)26-56(47(34)62)41-20-21-42(58)53-46(41)61;1-26-20-28(35-23-51(3)27(2)42-34(35)22-46-50-42)21-39(58-4)32(26)9-6-12-40(54)45-19-7-8-30(53)25-59-31-15-13-29(14-16-31)48-49-37-11-5-10-33-36(37)24-52(44(33)57)38-17-18-41(55)47-43(38)56/h2-5,7-8,10-19,23-25,41H,6,9,20-22,26-27H2,1H3,(H,48,59)(H,49,60)(H,51,52)(H,53,58,61);5,10-11,13-16,20-23,38H,2,6-9,12,17-19,24-25H2,1,3-4H3,(H,45,54)(H,46,50)(H,47,55,56). The molecule has 5 aliphatic rings. The van der Waals surface area contributed by atoms with Crippen molar-refractivity contribution in [3.63, 3.8) is 0 Å². The molecular weight excluding hydrogens is 1560 g/mol. The highest BCUT2D eigenvalue weighted by atomic mass is 16.5. The van der Waals surface area contributed by atoms with Gasteiger partial charge in [-0.2, -0.15) is 25.6 Å². The van der Waals surface area contributed by atoms with E-state index in [1.807, 2.05) is 78.9 Å². The molecule has 31 nitrogen and oxygen atoms in total. The Kier molecular flexibility index (Phi) is 26.1. The molecular formula is C91H87N17O14. The smallest absolute Gasteiger partial charge is 0.269 e. The first-order chi connectivity index (χ1) is 59.1. The zero-order chi connectivity index (χ0) is 85.5. The Morgan fingerprint density at radius 3 is 1.75 bits per heavy atom. The monoisotopic (exact) mass is 1640 g/mol. The Morgan fingerprint density at radius 1 is 0.590 bits per heavy atom. The fourth-order valence-electron chi connectivity index (χ4n) is 14.9. The van der Waals surface area contributed by atoms with Gasteiger partial charge in [0.25, 0.3) is 23.6 Å². The molecule has 2 fully saturated rings. The molecule has 0 saturated carbocycles.